The van der Waals surface area contributed by atoms with Gasteiger partial charge in [-0.3, -0.25) is 4.79 Å². The van der Waals surface area contributed by atoms with E-state index in [4.69, 9.17) is 27.9 Å². The van der Waals surface area contributed by atoms with Crippen molar-refractivity contribution in [3.8, 4) is 0 Å². The van der Waals surface area contributed by atoms with Crippen LogP contribution >= 0.6 is 23.2 Å². The van der Waals surface area contributed by atoms with Gasteiger partial charge in [0.15, 0.2) is 0 Å². The molecule has 28 heavy (non-hydrogen) atoms. The van der Waals surface area contributed by atoms with Gasteiger partial charge in [-0.25, -0.2) is 4.79 Å². The van der Waals surface area contributed by atoms with Crippen molar-refractivity contribution in [1.82, 2.24) is 14.7 Å². The Labute approximate surface area is 176 Å². The molecule has 1 heterocycles. The minimum atomic E-state index is -0.536. The van der Waals surface area contributed by atoms with Crippen molar-refractivity contribution < 1.29 is 14.3 Å². The molecule has 1 aliphatic rings. The lowest BCUT2D eigenvalue weighted by Crippen LogP contribution is -2.50. The van der Waals surface area contributed by atoms with Crippen LogP contribution in [0.4, 0.5) is 4.79 Å². The largest absolute Gasteiger partial charge is 0.444 e. The highest BCUT2D eigenvalue weighted by Crippen LogP contribution is 2.25. The Kier molecular flexibility index (Phi) is 7.23. The van der Waals surface area contributed by atoms with Gasteiger partial charge >= 0.3 is 6.09 Å². The number of halogens is 2. The Balaban J connectivity index is 2.15. The number of rotatable bonds is 4. The van der Waals surface area contributed by atoms with Crippen LogP contribution in [0.25, 0.3) is 0 Å². The Morgan fingerprint density at radius 2 is 1.64 bits per heavy atom. The molecule has 0 spiro atoms. The van der Waals surface area contributed by atoms with Gasteiger partial charge in [0, 0.05) is 57.1 Å². The molecule has 0 aromatic heterocycles. The maximum atomic E-state index is 13.1. The van der Waals surface area contributed by atoms with E-state index in [9.17, 15) is 9.59 Å². The number of benzene rings is 1. The molecule has 0 saturated carbocycles. The molecule has 0 aliphatic carbocycles. The molecule has 0 atom stereocenters. The Morgan fingerprint density at radius 1 is 1.07 bits per heavy atom. The van der Waals surface area contributed by atoms with Crippen LogP contribution in [0.5, 0.6) is 0 Å². The fourth-order valence-corrected chi connectivity index (χ4v) is 3.29. The van der Waals surface area contributed by atoms with Crippen LogP contribution in [-0.4, -0.2) is 72.5 Å². The zero-order chi connectivity index (χ0) is 21.1. The van der Waals surface area contributed by atoms with Gasteiger partial charge in [0.25, 0.3) is 0 Å². The summed E-state index contributed by atoms with van der Waals surface area (Å²) in [7, 11) is 3.71. The third kappa shape index (κ3) is 6.04. The highest BCUT2D eigenvalue weighted by atomic mass is 35.5. The van der Waals surface area contributed by atoms with Crippen LogP contribution in [-0.2, 0) is 4.74 Å². The first-order chi connectivity index (χ1) is 13.0. The second-order valence-corrected chi connectivity index (χ2v) is 8.73. The molecular weight excluding hydrogens is 401 g/mol. The summed E-state index contributed by atoms with van der Waals surface area (Å²) in [4.78, 5) is 30.9. The fourth-order valence-electron chi connectivity index (χ4n) is 2.80. The summed E-state index contributed by atoms with van der Waals surface area (Å²) in [6.07, 6.45) is 1.44. The topological polar surface area (TPSA) is 53.1 Å². The quantitative estimate of drug-likeness (QED) is 0.533. The summed E-state index contributed by atoms with van der Waals surface area (Å²) in [6.45, 7) is 7.52. The van der Waals surface area contributed by atoms with Crippen molar-refractivity contribution in [2.45, 2.75) is 26.4 Å². The van der Waals surface area contributed by atoms with E-state index >= 15 is 0 Å². The molecule has 1 aromatic rings. The lowest BCUT2D eigenvalue weighted by molar-refractivity contribution is 0.0168. The van der Waals surface area contributed by atoms with E-state index in [2.05, 4.69) is 0 Å². The minimum Gasteiger partial charge on any atom is -0.444 e. The Morgan fingerprint density at radius 3 is 2.14 bits per heavy atom. The molecule has 8 heteroatoms. The van der Waals surface area contributed by atoms with E-state index in [1.54, 1.807) is 29.3 Å². The summed E-state index contributed by atoms with van der Waals surface area (Å²) in [5, 5.41) is 0.792. The van der Waals surface area contributed by atoms with Crippen LogP contribution in [0.2, 0.25) is 10.0 Å². The average Bonchev–Trinajstić information content (AvgIpc) is 2.57. The Bertz CT molecular complexity index is 764. The number of piperazine rings is 1. The first-order valence-electron chi connectivity index (χ1n) is 9.09. The molecule has 1 amide bonds. The summed E-state index contributed by atoms with van der Waals surface area (Å²) in [6, 6.07) is 4.84. The van der Waals surface area contributed by atoms with Crippen molar-refractivity contribution in [2.75, 3.05) is 40.3 Å². The third-order valence-corrected chi connectivity index (χ3v) is 4.61. The van der Waals surface area contributed by atoms with Crippen molar-refractivity contribution in [3.63, 3.8) is 0 Å². The summed E-state index contributed by atoms with van der Waals surface area (Å²) >= 11 is 12.2. The van der Waals surface area contributed by atoms with Gasteiger partial charge in [-0.05, 0) is 39.0 Å². The highest BCUT2D eigenvalue weighted by molar-refractivity contribution is 6.37. The van der Waals surface area contributed by atoms with Crippen molar-refractivity contribution in [3.05, 3.63) is 45.7 Å². The lowest BCUT2D eigenvalue weighted by Gasteiger charge is -2.37. The van der Waals surface area contributed by atoms with Gasteiger partial charge in [0.2, 0.25) is 5.78 Å². The number of carbonyl (C=O) groups excluding carboxylic acids is 2. The van der Waals surface area contributed by atoms with E-state index < -0.39 is 5.60 Å². The van der Waals surface area contributed by atoms with Crippen LogP contribution in [0.1, 0.15) is 31.1 Å². The maximum absolute atomic E-state index is 13.1. The first-order valence-corrected chi connectivity index (χ1v) is 9.84. The second-order valence-electron chi connectivity index (χ2n) is 7.89. The number of Topliss-reactive ketones (excluding diaryl/α,β-unsaturated/α-hetero) is 1. The minimum absolute atomic E-state index is 0.180. The average molecular weight is 428 g/mol. The Hall–Kier alpha value is -1.92. The predicted octanol–water partition coefficient (Wildman–Crippen LogP) is 4.13. The van der Waals surface area contributed by atoms with Gasteiger partial charge < -0.3 is 19.4 Å². The van der Waals surface area contributed by atoms with E-state index in [1.807, 2.05) is 44.7 Å². The lowest BCUT2D eigenvalue weighted by atomic mass is 10.1. The molecular formula is C20H27Cl2N3O3. The zero-order valence-electron chi connectivity index (χ0n) is 17.0. The molecule has 154 valence electrons. The number of allylic oxidation sites excluding steroid dienone is 1. The number of ketones is 1. The van der Waals surface area contributed by atoms with Crippen LogP contribution in [0, 0.1) is 0 Å². The van der Waals surface area contributed by atoms with Crippen molar-refractivity contribution in [1.29, 1.82) is 0 Å². The number of amides is 1. The summed E-state index contributed by atoms with van der Waals surface area (Å²) in [5.41, 5.74) is 0.387. The monoisotopic (exact) mass is 427 g/mol. The maximum Gasteiger partial charge on any atom is 0.410 e. The van der Waals surface area contributed by atoms with Crippen LogP contribution < -0.4 is 0 Å². The smallest absolute Gasteiger partial charge is 0.410 e. The number of hydrogen-bond acceptors (Lipinski definition) is 5. The first kappa shape index (κ1) is 22.4. The number of ether oxygens (including phenoxy) is 1. The molecule has 0 N–H and O–H groups in total. The van der Waals surface area contributed by atoms with E-state index in [-0.39, 0.29) is 11.9 Å². The summed E-state index contributed by atoms with van der Waals surface area (Å²) in [5.74, 6) is -0.180. The molecule has 1 saturated heterocycles. The predicted molar refractivity (Wildman–Crippen MR) is 112 cm³/mol. The van der Waals surface area contributed by atoms with Gasteiger partial charge in [-0.1, -0.05) is 23.2 Å². The number of nitrogens with zero attached hydrogens (tertiary/aromatic N) is 3. The van der Waals surface area contributed by atoms with E-state index in [1.165, 1.54) is 0 Å². The van der Waals surface area contributed by atoms with Crippen LogP contribution in [0.3, 0.4) is 0 Å². The van der Waals surface area contributed by atoms with Gasteiger partial charge in [-0.2, -0.15) is 0 Å². The second kappa shape index (κ2) is 9.05. The van der Waals surface area contributed by atoms with E-state index in [0.717, 1.165) is 0 Å². The molecule has 0 radical (unpaired) electrons. The van der Waals surface area contributed by atoms with Gasteiger partial charge in [-0.15, -0.1) is 0 Å². The zero-order valence-corrected chi connectivity index (χ0v) is 18.5. The SMILES string of the molecule is CN(C)C=C(C(=O)c1ccc(Cl)cc1Cl)N1CCN(C(=O)OC(C)(C)C)CC1. The normalized spacial score (nSPS) is 15.5. The van der Waals surface area contributed by atoms with Crippen LogP contribution in [0.15, 0.2) is 30.1 Å². The standard InChI is InChI=1S/C20H27Cl2N3O3/c1-20(2,3)28-19(27)25-10-8-24(9-11-25)17(13-23(4)5)18(26)15-7-6-14(21)12-16(15)22/h6-7,12-13H,8-11H2,1-5H3. The number of hydrogen-bond donors (Lipinski definition) is 0. The summed E-state index contributed by atoms with van der Waals surface area (Å²) < 4.78 is 5.43. The van der Waals surface area contributed by atoms with E-state index in [0.29, 0.717) is 47.5 Å². The molecule has 0 unspecified atom stereocenters. The highest BCUT2D eigenvalue weighted by Gasteiger charge is 2.29. The van der Waals surface area contributed by atoms with Crippen molar-refractivity contribution in [2.24, 2.45) is 0 Å². The fraction of sp³-hybridized carbons (Fsp3) is 0.500. The number of carbonyl (C=O) groups is 2. The molecule has 1 fully saturated rings. The molecule has 6 nitrogen and oxygen atoms in total. The molecule has 2 rings (SSSR count). The third-order valence-electron chi connectivity index (χ3n) is 4.06. The molecule has 0 bridgehead atoms. The molecule has 1 aliphatic heterocycles. The van der Waals surface area contributed by atoms with Gasteiger partial charge in [0.1, 0.15) is 11.3 Å². The molecule has 1 aromatic carbocycles. The van der Waals surface area contributed by atoms with Crippen molar-refractivity contribution >= 4 is 35.1 Å². The van der Waals surface area contributed by atoms with Gasteiger partial charge in [0.05, 0.1) is 5.02 Å².